The third-order valence-corrected chi connectivity index (χ3v) is 6.14. The first-order chi connectivity index (χ1) is 8.97. The second-order valence-corrected chi connectivity index (χ2v) is 7.71. The van der Waals surface area contributed by atoms with Crippen molar-refractivity contribution in [3.8, 4) is 0 Å². The summed E-state index contributed by atoms with van der Waals surface area (Å²) in [5.41, 5.74) is 0.913. The van der Waals surface area contributed by atoms with E-state index in [1.165, 1.54) is 0 Å². The first-order valence-corrected chi connectivity index (χ1v) is 7.95. The molecule has 1 unspecified atom stereocenters. The van der Waals surface area contributed by atoms with E-state index in [2.05, 4.69) is 11.9 Å². The Hall–Kier alpha value is -1.67. The fourth-order valence-electron chi connectivity index (χ4n) is 1.85. The van der Waals surface area contributed by atoms with Gasteiger partial charge in [0.15, 0.2) is 13.2 Å². The standard InChI is InChI=1S/C14H16NO3P/c1-10(2)14(17)15-11-4-3-5-13(8-11)19(18,9-16)12-6-7-12/h3-5,8-9,12H,1,6-7H2,2H3,(H,15,17). The van der Waals surface area contributed by atoms with Gasteiger partial charge in [-0.2, -0.15) is 0 Å². The molecule has 1 aliphatic rings. The zero-order valence-corrected chi connectivity index (χ0v) is 11.7. The number of amides is 1. The Morgan fingerprint density at radius 2 is 2.16 bits per heavy atom. The van der Waals surface area contributed by atoms with Crippen LogP contribution in [0.1, 0.15) is 19.8 Å². The maximum absolute atomic E-state index is 12.6. The molecule has 100 valence electrons. The molecule has 1 saturated carbocycles. The van der Waals surface area contributed by atoms with Crippen LogP contribution >= 0.6 is 7.14 Å². The van der Waals surface area contributed by atoms with Gasteiger partial charge in [0.05, 0.1) is 0 Å². The number of hydrogen-bond acceptors (Lipinski definition) is 3. The molecule has 0 aliphatic heterocycles. The smallest absolute Gasteiger partial charge is 0.250 e. The summed E-state index contributed by atoms with van der Waals surface area (Å²) in [5.74, 6) is -0.287. The van der Waals surface area contributed by atoms with Gasteiger partial charge in [-0.3, -0.25) is 9.59 Å². The lowest BCUT2D eigenvalue weighted by molar-refractivity contribution is -0.112. The summed E-state index contributed by atoms with van der Waals surface area (Å²) in [7, 11) is -2.96. The zero-order chi connectivity index (χ0) is 14.0. The van der Waals surface area contributed by atoms with Gasteiger partial charge in [0.1, 0.15) is 0 Å². The normalized spacial score (nSPS) is 17.3. The molecular weight excluding hydrogens is 261 g/mol. The first kappa shape index (κ1) is 13.8. The van der Waals surface area contributed by atoms with Crippen LogP contribution in [0.3, 0.4) is 0 Å². The summed E-state index contributed by atoms with van der Waals surface area (Å²) in [5, 5.41) is 3.18. The number of anilines is 1. The van der Waals surface area contributed by atoms with Gasteiger partial charge >= 0.3 is 0 Å². The maximum Gasteiger partial charge on any atom is 0.250 e. The van der Waals surface area contributed by atoms with Gasteiger partial charge in [-0.25, -0.2) is 0 Å². The van der Waals surface area contributed by atoms with Crippen molar-refractivity contribution >= 4 is 30.1 Å². The van der Waals surface area contributed by atoms with Crippen molar-refractivity contribution < 1.29 is 14.2 Å². The van der Waals surface area contributed by atoms with E-state index in [-0.39, 0.29) is 11.6 Å². The van der Waals surface area contributed by atoms with Gasteiger partial charge in [0.25, 0.3) is 5.91 Å². The van der Waals surface area contributed by atoms with Crippen molar-refractivity contribution in [2.75, 3.05) is 5.32 Å². The van der Waals surface area contributed by atoms with E-state index in [9.17, 15) is 14.2 Å². The van der Waals surface area contributed by atoms with Gasteiger partial charge in [0.2, 0.25) is 0 Å². The summed E-state index contributed by atoms with van der Waals surface area (Å²) in [4.78, 5) is 22.7. The molecule has 1 aromatic rings. The van der Waals surface area contributed by atoms with Crippen molar-refractivity contribution in [1.82, 2.24) is 0 Å². The second kappa shape index (κ2) is 5.14. The molecule has 1 fully saturated rings. The molecule has 0 heterocycles. The molecule has 5 heteroatoms. The zero-order valence-electron chi connectivity index (χ0n) is 10.8. The third kappa shape index (κ3) is 2.85. The van der Waals surface area contributed by atoms with E-state index < -0.39 is 7.14 Å². The number of nitrogens with one attached hydrogen (secondary N) is 1. The topological polar surface area (TPSA) is 63.2 Å². The van der Waals surface area contributed by atoms with Crippen LogP contribution in [-0.2, 0) is 14.2 Å². The molecule has 1 amide bonds. The summed E-state index contributed by atoms with van der Waals surface area (Å²) in [6.45, 7) is 5.16. The maximum atomic E-state index is 12.6. The quantitative estimate of drug-likeness (QED) is 0.511. The predicted molar refractivity (Wildman–Crippen MR) is 76.9 cm³/mol. The summed E-state index contributed by atoms with van der Waals surface area (Å²) in [6.07, 6.45) is 1.66. The lowest BCUT2D eigenvalue weighted by Gasteiger charge is -2.12. The summed E-state index contributed by atoms with van der Waals surface area (Å²) >= 11 is 0. The number of carbonyl (C=O) groups excluding carboxylic acids is 2. The van der Waals surface area contributed by atoms with E-state index in [4.69, 9.17) is 0 Å². The van der Waals surface area contributed by atoms with Crippen molar-refractivity contribution in [3.05, 3.63) is 36.4 Å². The van der Waals surface area contributed by atoms with Crippen LogP contribution in [0.15, 0.2) is 36.4 Å². The molecule has 1 aliphatic carbocycles. The second-order valence-electron chi connectivity index (χ2n) is 4.83. The van der Waals surface area contributed by atoms with Crippen molar-refractivity contribution in [1.29, 1.82) is 0 Å². The monoisotopic (exact) mass is 277 g/mol. The molecular formula is C14H16NO3P. The van der Waals surface area contributed by atoms with E-state index in [0.717, 1.165) is 12.8 Å². The van der Waals surface area contributed by atoms with Crippen LogP contribution in [0, 0.1) is 0 Å². The average molecular weight is 277 g/mol. The number of carbonyl (C=O) groups is 2. The molecule has 1 aromatic carbocycles. The third-order valence-electron chi connectivity index (χ3n) is 3.14. The minimum absolute atomic E-state index is 0.0166. The highest BCUT2D eigenvalue weighted by Gasteiger charge is 2.42. The van der Waals surface area contributed by atoms with Gasteiger partial charge in [-0.1, -0.05) is 18.7 Å². The molecule has 4 nitrogen and oxygen atoms in total. The van der Waals surface area contributed by atoms with Gasteiger partial charge < -0.3 is 9.88 Å². The molecule has 0 bridgehead atoms. The van der Waals surface area contributed by atoms with Gasteiger partial charge in [-0.15, -0.1) is 0 Å². The number of benzene rings is 1. The first-order valence-electron chi connectivity index (χ1n) is 6.10. The molecule has 0 spiro atoms. The molecule has 0 radical (unpaired) electrons. The highest BCUT2D eigenvalue weighted by molar-refractivity contribution is 7.85. The summed E-state index contributed by atoms with van der Waals surface area (Å²) in [6, 6.07) is 7.29. The van der Waals surface area contributed by atoms with Gasteiger partial charge in [-0.05, 0) is 31.9 Å². The van der Waals surface area contributed by atoms with Crippen molar-refractivity contribution in [3.63, 3.8) is 0 Å². The Kier molecular flexibility index (Phi) is 3.72. The van der Waals surface area contributed by atoms with Crippen LogP contribution in [0.5, 0.6) is 0 Å². The SMILES string of the molecule is C=C(C)C(=O)Nc1cccc(P(=O)(C=O)C2CC2)c1. The lowest BCUT2D eigenvalue weighted by atomic mass is 10.3. The molecule has 1 N–H and O–H groups in total. The molecule has 2 rings (SSSR count). The van der Waals surface area contributed by atoms with Crippen LogP contribution < -0.4 is 10.6 Å². The van der Waals surface area contributed by atoms with Crippen LogP contribution in [0.2, 0.25) is 0 Å². The molecule has 19 heavy (non-hydrogen) atoms. The van der Waals surface area contributed by atoms with E-state index in [1.54, 1.807) is 31.2 Å². The lowest BCUT2D eigenvalue weighted by Crippen LogP contribution is -2.15. The Balaban J connectivity index is 2.29. The minimum atomic E-state index is -2.96. The summed E-state index contributed by atoms with van der Waals surface area (Å²) < 4.78 is 12.6. The van der Waals surface area contributed by atoms with E-state index in [0.29, 0.717) is 22.6 Å². The van der Waals surface area contributed by atoms with Crippen LogP contribution in [0.4, 0.5) is 5.69 Å². The van der Waals surface area contributed by atoms with Crippen molar-refractivity contribution in [2.45, 2.75) is 25.4 Å². The Morgan fingerprint density at radius 3 is 2.68 bits per heavy atom. The Labute approximate surface area is 112 Å². The largest absolute Gasteiger partial charge is 0.322 e. The highest BCUT2D eigenvalue weighted by Crippen LogP contribution is 2.57. The number of hydrogen-bond donors (Lipinski definition) is 1. The average Bonchev–Trinajstić information content (AvgIpc) is 3.22. The molecule has 0 saturated heterocycles. The fourth-order valence-corrected chi connectivity index (χ4v) is 4.15. The highest BCUT2D eigenvalue weighted by atomic mass is 31.2. The van der Waals surface area contributed by atoms with Gasteiger partial charge in [0, 0.05) is 22.2 Å². The van der Waals surface area contributed by atoms with Crippen molar-refractivity contribution in [2.24, 2.45) is 0 Å². The van der Waals surface area contributed by atoms with Crippen LogP contribution in [-0.4, -0.2) is 17.6 Å². The number of rotatable bonds is 5. The van der Waals surface area contributed by atoms with E-state index >= 15 is 0 Å². The molecule has 0 aromatic heterocycles. The minimum Gasteiger partial charge on any atom is -0.322 e. The Bertz CT molecular complexity index is 590. The fraction of sp³-hybridized carbons (Fsp3) is 0.286. The van der Waals surface area contributed by atoms with Crippen LogP contribution in [0.25, 0.3) is 0 Å². The molecule has 1 atom stereocenters. The van der Waals surface area contributed by atoms with E-state index in [1.807, 2.05) is 0 Å². The predicted octanol–water partition coefficient (Wildman–Crippen LogP) is 2.54. The Morgan fingerprint density at radius 1 is 1.47 bits per heavy atom.